The molecule has 0 atom stereocenters. The van der Waals surface area contributed by atoms with E-state index in [0.717, 1.165) is 11.5 Å². The van der Waals surface area contributed by atoms with Crippen molar-refractivity contribution >= 4 is 78.0 Å². The molecule has 3 nitrogen and oxygen atoms in total. The third-order valence-electron chi connectivity index (χ3n) is 13.0. The minimum absolute atomic E-state index is 0.0104. The van der Waals surface area contributed by atoms with E-state index in [1.807, 2.05) is 11.3 Å². The SMILES string of the molecule is CC(C)(C)c1ccc(N2c3ccc(C(C)(C)C)cc3B3c4sc5cc6c(cc5c4N(c4ccc(C(C)(C)C)cc4)c4cccc2c43)Oc2ccccc2C6(C)C)cc1. The van der Waals surface area contributed by atoms with Gasteiger partial charge < -0.3 is 14.5 Å². The molecule has 10 rings (SSSR count). The second-order valence-electron chi connectivity index (χ2n) is 20.3. The zero-order valence-corrected chi connectivity index (χ0v) is 36.7. The predicted molar refractivity (Wildman–Crippen MR) is 251 cm³/mol. The summed E-state index contributed by atoms with van der Waals surface area (Å²) in [6, 6.07) is 46.1. The fourth-order valence-electron chi connectivity index (χ4n) is 9.59. The summed E-state index contributed by atoms with van der Waals surface area (Å²) in [7, 11) is 0. The number of rotatable bonds is 2. The van der Waals surface area contributed by atoms with E-state index in [2.05, 4.69) is 207 Å². The van der Waals surface area contributed by atoms with Crippen LogP contribution in [0.4, 0.5) is 34.1 Å². The summed E-state index contributed by atoms with van der Waals surface area (Å²) in [6.07, 6.45) is 0. The molecule has 0 aliphatic carbocycles. The van der Waals surface area contributed by atoms with Gasteiger partial charge in [0.05, 0.1) is 5.69 Å². The number of para-hydroxylation sites is 1. The Labute approximate surface area is 349 Å². The topological polar surface area (TPSA) is 15.7 Å². The Morgan fingerprint density at radius 1 is 0.534 bits per heavy atom. The number of thiophene rings is 1. The Morgan fingerprint density at radius 2 is 1.10 bits per heavy atom. The van der Waals surface area contributed by atoms with Gasteiger partial charge in [-0.1, -0.05) is 137 Å². The van der Waals surface area contributed by atoms with Crippen molar-refractivity contribution < 1.29 is 4.74 Å². The van der Waals surface area contributed by atoms with Crippen LogP contribution in [0.3, 0.4) is 0 Å². The van der Waals surface area contributed by atoms with Crippen molar-refractivity contribution in [1.82, 2.24) is 0 Å². The second-order valence-corrected chi connectivity index (χ2v) is 21.4. The van der Waals surface area contributed by atoms with Gasteiger partial charge in [-0.25, -0.2) is 0 Å². The summed E-state index contributed by atoms with van der Waals surface area (Å²) in [5.74, 6) is 1.89. The highest BCUT2D eigenvalue weighted by Crippen LogP contribution is 2.53. The first-order chi connectivity index (χ1) is 27.4. The maximum Gasteiger partial charge on any atom is 0.264 e. The van der Waals surface area contributed by atoms with Gasteiger partial charge >= 0.3 is 0 Å². The average Bonchev–Trinajstić information content (AvgIpc) is 3.54. The van der Waals surface area contributed by atoms with E-state index >= 15 is 0 Å². The van der Waals surface area contributed by atoms with Crippen LogP contribution in [0.15, 0.2) is 121 Å². The van der Waals surface area contributed by atoms with E-state index < -0.39 is 0 Å². The van der Waals surface area contributed by atoms with E-state index in [1.54, 1.807) is 0 Å². The van der Waals surface area contributed by atoms with Gasteiger partial charge in [-0.2, -0.15) is 0 Å². The smallest absolute Gasteiger partial charge is 0.264 e. The first-order valence-electron chi connectivity index (χ1n) is 20.9. The van der Waals surface area contributed by atoms with Gasteiger partial charge in [-0.3, -0.25) is 0 Å². The number of benzene rings is 6. The summed E-state index contributed by atoms with van der Waals surface area (Å²) in [5, 5.41) is 1.23. The molecule has 0 radical (unpaired) electrons. The van der Waals surface area contributed by atoms with Gasteiger partial charge in [0.2, 0.25) is 0 Å². The van der Waals surface area contributed by atoms with Crippen molar-refractivity contribution in [3.63, 3.8) is 0 Å². The standard InChI is InChI=1S/C53H53BN2OS/c1-50(2,3)32-19-24-35(25-20-32)55-41-28-23-34(52(7,8)9)29-40(41)54-47-42(55)16-14-17-43(47)56(36-26-21-33(22-27-36)51(4,5)6)48-37-30-45-39(31-46(37)58-49(48)54)53(10,11)38-15-12-13-18-44(38)57-45/h12-31H,1-11H3. The zero-order valence-electron chi connectivity index (χ0n) is 35.8. The normalized spacial score (nSPS) is 15.3. The van der Waals surface area contributed by atoms with Gasteiger partial charge in [0.15, 0.2) is 0 Å². The van der Waals surface area contributed by atoms with E-state index in [-0.39, 0.29) is 28.4 Å². The molecule has 0 saturated heterocycles. The van der Waals surface area contributed by atoms with Crippen molar-refractivity contribution in [2.24, 2.45) is 0 Å². The molecule has 0 fully saturated rings. The number of hydrogen-bond donors (Lipinski definition) is 0. The molecule has 58 heavy (non-hydrogen) atoms. The monoisotopic (exact) mass is 776 g/mol. The number of hydrogen-bond acceptors (Lipinski definition) is 4. The fraction of sp³-hybridized carbons (Fsp3) is 0.283. The lowest BCUT2D eigenvalue weighted by Crippen LogP contribution is -2.60. The lowest BCUT2D eigenvalue weighted by atomic mass is 9.36. The van der Waals surface area contributed by atoms with Gasteiger partial charge in [0, 0.05) is 59.8 Å². The Bertz CT molecular complexity index is 2790. The summed E-state index contributed by atoms with van der Waals surface area (Å²) >= 11 is 1.96. The quantitative estimate of drug-likeness (QED) is 0.163. The lowest BCUT2D eigenvalue weighted by Gasteiger charge is -2.43. The van der Waals surface area contributed by atoms with Crippen molar-refractivity contribution in [3.8, 4) is 11.5 Å². The zero-order chi connectivity index (χ0) is 40.7. The van der Waals surface area contributed by atoms with Crippen LogP contribution in [0.5, 0.6) is 11.5 Å². The molecule has 5 heteroatoms. The highest BCUT2D eigenvalue weighted by molar-refractivity contribution is 7.33. The Balaban J connectivity index is 1.28. The minimum Gasteiger partial charge on any atom is -0.457 e. The molecule has 3 aliphatic rings. The van der Waals surface area contributed by atoms with Gasteiger partial charge in [-0.05, 0) is 105 Å². The summed E-state index contributed by atoms with van der Waals surface area (Å²) in [4.78, 5) is 5.08. The number of nitrogens with zero attached hydrogens (tertiary/aromatic N) is 2. The number of anilines is 6. The van der Waals surface area contributed by atoms with Crippen LogP contribution in [0.25, 0.3) is 10.1 Å². The molecule has 1 aromatic heterocycles. The molecule has 4 heterocycles. The van der Waals surface area contributed by atoms with Crippen molar-refractivity contribution in [1.29, 1.82) is 0 Å². The minimum atomic E-state index is -0.205. The van der Waals surface area contributed by atoms with Crippen LogP contribution in [0.2, 0.25) is 0 Å². The number of fused-ring (bicyclic) bond motifs is 8. The maximum atomic E-state index is 6.81. The van der Waals surface area contributed by atoms with E-state index in [9.17, 15) is 0 Å². The Kier molecular flexibility index (Phi) is 7.91. The van der Waals surface area contributed by atoms with Crippen LogP contribution >= 0.6 is 11.3 Å². The van der Waals surface area contributed by atoms with E-state index in [1.165, 1.54) is 87.7 Å². The molecule has 0 bridgehead atoms. The molecule has 0 unspecified atom stereocenters. The summed E-state index contributed by atoms with van der Waals surface area (Å²) in [5.41, 5.74) is 16.4. The Morgan fingerprint density at radius 3 is 1.72 bits per heavy atom. The van der Waals surface area contributed by atoms with Gasteiger partial charge in [0.1, 0.15) is 11.5 Å². The van der Waals surface area contributed by atoms with Crippen LogP contribution in [0, 0.1) is 0 Å². The van der Waals surface area contributed by atoms with Gasteiger partial charge in [0.25, 0.3) is 6.71 Å². The molecule has 0 amide bonds. The molecule has 0 spiro atoms. The molecule has 7 aromatic rings. The Hall–Kier alpha value is -5.26. The molecular weight excluding hydrogens is 723 g/mol. The lowest BCUT2D eigenvalue weighted by molar-refractivity contribution is 0.419. The second kappa shape index (κ2) is 12.4. The van der Waals surface area contributed by atoms with Crippen LogP contribution in [0.1, 0.15) is 104 Å². The first kappa shape index (κ1) is 37.0. The molecule has 290 valence electrons. The molecule has 6 aromatic carbocycles. The van der Waals surface area contributed by atoms with Gasteiger partial charge in [-0.15, -0.1) is 11.3 Å². The van der Waals surface area contributed by atoms with Crippen molar-refractivity contribution in [3.05, 3.63) is 149 Å². The van der Waals surface area contributed by atoms with Crippen molar-refractivity contribution in [2.45, 2.75) is 97.8 Å². The third kappa shape index (κ3) is 5.53. The first-order valence-corrected chi connectivity index (χ1v) is 21.7. The van der Waals surface area contributed by atoms with E-state index in [4.69, 9.17) is 4.74 Å². The molecule has 0 N–H and O–H groups in total. The van der Waals surface area contributed by atoms with E-state index in [0.29, 0.717) is 0 Å². The predicted octanol–water partition coefficient (Wildman–Crippen LogP) is 13.3. The molecular formula is C53H53BN2OS. The van der Waals surface area contributed by atoms with Crippen LogP contribution in [-0.4, -0.2) is 6.71 Å². The average molecular weight is 777 g/mol. The van der Waals surface area contributed by atoms with Crippen molar-refractivity contribution in [2.75, 3.05) is 9.80 Å². The largest absolute Gasteiger partial charge is 0.457 e. The fourth-order valence-corrected chi connectivity index (χ4v) is 10.9. The highest BCUT2D eigenvalue weighted by Gasteiger charge is 2.46. The number of ether oxygens (including phenoxy) is 1. The van der Waals surface area contributed by atoms with Crippen LogP contribution < -0.4 is 30.2 Å². The summed E-state index contributed by atoms with van der Waals surface area (Å²) < 4.78 is 9.48. The highest BCUT2D eigenvalue weighted by atomic mass is 32.1. The van der Waals surface area contributed by atoms with Crippen LogP contribution in [-0.2, 0) is 21.7 Å². The third-order valence-corrected chi connectivity index (χ3v) is 14.2. The molecule has 3 aliphatic heterocycles. The molecule has 0 saturated carbocycles. The maximum absolute atomic E-state index is 6.81. The summed E-state index contributed by atoms with van der Waals surface area (Å²) in [6.45, 7) is 25.5.